The summed E-state index contributed by atoms with van der Waals surface area (Å²) in [6.45, 7) is 4.42. The Morgan fingerprint density at radius 3 is 2.22 bits per heavy atom. The zero-order valence-corrected chi connectivity index (χ0v) is 11.1. The molecule has 2 N–H and O–H groups in total. The number of nitrogens with two attached hydrogens (primary N) is 1. The Morgan fingerprint density at radius 2 is 1.56 bits per heavy atom. The third kappa shape index (κ3) is 3.21. The van der Waals surface area contributed by atoms with Gasteiger partial charge in [0.25, 0.3) is 0 Å². The second kappa shape index (κ2) is 5.83. The van der Waals surface area contributed by atoms with E-state index in [0.29, 0.717) is 5.92 Å². The molecule has 2 rings (SSSR count). The minimum absolute atomic E-state index is 0.0751. The van der Waals surface area contributed by atoms with Crippen molar-refractivity contribution in [3.63, 3.8) is 0 Å². The van der Waals surface area contributed by atoms with Gasteiger partial charge < -0.3 is 5.73 Å². The largest absolute Gasteiger partial charge is 0.324 e. The molecule has 1 nitrogen and oxygen atoms in total. The van der Waals surface area contributed by atoms with Crippen molar-refractivity contribution in [1.82, 2.24) is 0 Å². The van der Waals surface area contributed by atoms with Crippen LogP contribution in [-0.4, -0.2) is 0 Å². The highest BCUT2D eigenvalue weighted by Gasteiger charge is 2.08. The number of rotatable bonds is 4. The van der Waals surface area contributed by atoms with Crippen LogP contribution in [0.3, 0.4) is 0 Å². The maximum atomic E-state index is 6.30. The maximum Gasteiger partial charge on any atom is 0.0335 e. The lowest BCUT2D eigenvalue weighted by Gasteiger charge is -2.14. The topological polar surface area (TPSA) is 26.0 Å². The molecule has 0 saturated carbocycles. The van der Waals surface area contributed by atoms with Crippen LogP contribution in [0.5, 0.6) is 0 Å². The summed E-state index contributed by atoms with van der Waals surface area (Å²) in [5.41, 5.74) is 10.2. The smallest absolute Gasteiger partial charge is 0.0335 e. The van der Waals surface area contributed by atoms with Gasteiger partial charge in [-0.3, -0.25) is 0 Å². The lowest BCUT2D eigenvalue weighted by molar-refractivity contribution is 0.718. The summed E-state index contributed by atoms with van der Waals surface area (Å²) < 4.78 is 0. The molecule has 0 unspecified atom stereocenters. The zero-order chi connectivity index (χ0) is 13.0. The number of hydrogen-bond acceptors (Lipinski definition) is 1. The summed E-state index contributed by atoms with van der Waals surface area (Å²) in [5, 5.41) is 0. The molecule has 18 heavy (non-hydrogen) atoms. The van der Waals surface area contributed by atoms with Crippen molar-refractivity contribution in [2.45, 2.75) is 32.2 Å². The molecule has 1 atom stereocenters. The van der Waals surface area contributed by atoms with Crippen molar-refractivity contribution < 1.29 is 0 Å². The van der Waals surface area contributed by atoms with Gasteiger partial charge in [0, 0.05) is 6.04 Å². The van der Waals surface area contributed by atoms with Gasteiger partial charge in [0.05, 0.1) is 0 Å². The Kier molecular flexibility index (Phi) is 4.16. The minimum Gasteiger partial charge on any atom is -0.324 e. The molecule has 2 aromatic rings. The van der Waals surface area contributed by atoms with E-state index in [-0.39, 0.29) is 6.04 Å². The predicted molar refractivity (Wildman–Crippen MR) is 77.6 cm³/mol. The maximum absolute atomic E-state index is 6.30. The van der Waals surface area contributed by atoms with Gasteiger partial charge in [-0.2, -0.15) is 0 Å². The Hall–Kier alpha value is -1.60. The molecule has 0 spiro atoms. The Balaban J connectivity index is 2.14. The third-order valence-electron chi connectivity index (χ3n) is 3.30. The first kappa shape index (κ1) is 12.8. The SMILES string of the molecule is CC(C)c1cccc([C@@H](N)Cc2ccccc2)c1. The van der Waals surface area contributed by atoms with E-state index in [4.69, 9.17) is 5.73 Å². The molecule has 0 bridgehead atoms. The van der Waals surface area contributed by atoms with Gasteiger partial charge in [-0.1, -0.05) is 68.4 Å². The molecular formula is C17H21N. The summed E-state index contributed by atoms with van der Waals surface area (Å²) >= 11 is 0. The third-order valence-corrected chi connectivity index (χ3v) is 3.30. The van der Waals surface area contributed by atoms with Crippen LogP contribution < -0.4 is 5.73 Å². The van der Waals surface area contributed by atoms with Gasteiger partial charge in [0.1, 0.15) is 0 Å². The first-order valence-corrected chi connectivity index (χ1v) is 6.56. The molecule has 2 aromatic carbocycles. The van der Waals surface area contributed by atoms with Crippen LogP contribution in [0.1, 0.15) is 42.5 Å². The molecule has 0 radical (unpaired) electrons. The molecule has 0 aliphatic carbocycles. The standard InChI is InChI=1S/C17H21N/c1-13(2)15-9-6-10-16(12-15)17(18)11-14-7-4-3-5-8-14/h3-10,12-13,17H,11,18H2,1-2H3/t17-/m0/s1. The molecule has 0 aliphatic rings. The second-order valence-corrected chi connectivity index (χ2v) is 5.12. The summed E-state index contributed by atoms with van der Waals surface area (Å²) in [6, 6.07) is 19.1. The minimum atomic E-state index is 0.0751. The molecule has 0 aliphatic heterocycles. The van der Waals surface area contributed by atoms with Gasteiger partial charge in [-0.15, -0.1) is 0 Å². The van der Waals surface area contributed by atoms with E-state index in [1.807, 2.05) is 6.07 Å². The van der Waals surface area contributed by atoms with Gasteiger partial charge in [-0.05, 0) is 29.0 Å². The molecular weight excluding hydrogens is 218 g/mol. The number of hydrogen-bond donors (Lipinski definition) is 1. The van der Waals surface area contributed by atoms with Crippen molar-refractivity contribution in [2.75, 3.05) is 0 Å². The second-order valence-electron chi connectivity index (χ2n) is 5.12. The van der Waals surface area contributed by atoms with Crippen molar-refractivity contribution in [1.29, 1.82) is 0 Å². The first-order valence-electron chi connectivity index (χ1n) is 6.56. The highest BCUT2D eigenvalue weighted by Crippen LogP contribution is 2.21. The van der Waals surface area contributed by atoms with Crippen LogP contribution in [0.4, 0.5) is 0 Å². The summed E-state index contributed by atoms with van der Waals surface area (Å²) in [6.07, 6.45) is 0.891. The van der Waals surface area contributed by atoms with Gasteiger partial charge >= 0.3 is 0 Å². The van der Waals surface area contributed by atoms with Crippen LogP contribution >= 0.6 is 0 Å². The Labute approximate surface area is 110 Å². The Bertz CT molecular complexity index is 488. The van der Waals surface area contributed by atoms with Crippen LogP contribution in [0.2, 0.25) is 0 Å². The zero-order valence-electron chi connectivity index (χ0n) is 11.1. The fourth-order valence-corrected chi connectivity index (χ4v) is 2.13. The van der Waals surface area contributed by atoms with Crippen molar-refractivity contribution in [3.8, 4) is 0 Å². The van der Waals surface area contributed by atoms with Gasteiger partial charge in [-0.25, -0.2) is 0 Å². The van der Waals surface area contributed by atoms with E-state index < -0.39 is 0 Å². The van der Waals surface area contributed by atoms with Crippen molar-refractivity contribution in [3.05, 3.63) is 71.3 Å². The molecule has 0 aromatic heterocycles. The van der Waals surface area contributed by atoms with Gasteiger partial charge in [0.2, 0.25) is 0 Å². The predicted octanol–water partition coefficient (Wildman–Crippen LogP) is 4.05. The quantitative estimate of drug-likeness (QED) is 0.855. The average molecular weight is 239 g/mol. The fourth-order valence-electron chi connectivity index (χ4n) is 2.13. The normalized spacial score (nSPS) is 12.7. The summed E-state index contributed by atoms with van der Waals surface area (Å²) in [7, 11) is 0. The summed E-state index contributed by atoms with van der Waals surface area (Å²) in [5.74, 6) is 0.550. The van der Waals surface area contributed by atoms with Crippen LogP contribution in [0.15, 0.2) is 54.6 Å². The monoisotopic (exact) mass is 239 g/mol. The fraction of sp³-hybridized carbons (Fsp3) is 0.294. The highest BCUT2D eigenvalue weighted by molar-refractivity contribution is 5.29. The molecule has 1 heteroatoms. The molecule has 0 amide bonds. The molecule has 0 saturated heterocycles. The average Bonchev–Trinajstić information content (AvgIpc) is 2.40. The van der Waals surface area contributed by atoms with E-state index in [0.717, 1.165) is 6.42 Å². The van der Waals surface area contributed by atoms with Crippen molar-refractivity contribution in [2.24, 2.45) is 5.73 Å². The van der Waals surface area contributed by atoms with Crippen LogP contribution in [0.25, 0.3) is 0 Å². The lowest BCUT2D eigenvalue weighted by atomic mass is 9.95. The molecule has 94 valence electrons. The summed E-state index contributed by atoms with van der Waals surface area (Å²) in [4.78, 5) is 0. The van der Waals surface area contributed by atoms with E-state index in [2.05, 4.69) is 62.4 Å². The van der Waals surface area contributed by atoms with Crippen molar-refractivity contribution >= 4 is 0 Å². The van der Waals surface area contributed by atoms with Crippen LogP contribution in [0, 0.1) is 0 Å². The van der Waals surface area contributed by atoms with E-state index in [1.165, 1.54) is 16.7 Å². The van der Waals surface area contributed by atoms with Gasteiger partial charge in [0.15, 0.2) is 0 Å². The van der Waals surface area contributed by atoms with Crippen LogP contribution in [-0.2, 0) is 6.42 Å². The highest BCUT2D eigenvalue weighted by atomic mass is 14.6. The lowest BCUT2D eigenvalue weighted by Crippen LogP contribution is -2.13. The Morgan fingerprint density at radius 1 is 0.889 bits per heavy atom. The van der Waals surface area contributed by atoms with E-state index >= 15 is 0 Å². The van der Waals surface area contributed by atoms with E-state index in [9.17, 15) is 0 Å². The van der Waals surface area contributed by atoms with E-state index in [1.54, 1.807) is 0 Å². The molecule has 0 heterocycles. The number of benzene rings is 2. The first-order chi connectivity index (χ1) is 8.66. The molecule has 0 fully saturated rings.